The van der Waals surface area contributed by atoms with Crippen molar-refractivity contribution < 1.29 is 23.9 Å². The van der Waals surface area contributed by atoms with E-state index in [-0.39, 0.29) is 43.0 Å². The van der Waals surface area contributed by atoms with E-state index in [0.717, 1.165) is 4.90 Å². The first kappa shape index (κ1) is 22.7. The second kappa shape index (κ2) is 9.99. The van der Waals surface area contributed by atoms with E-state index in [2.05, 4.69) is 10.6 Å². The average molecular weight is 457 g/mol. The summed E-state index contributed by atoms with van der Waals surface area (Å²) in [6, 6.07) is 20.4. The average Bonchev–Trinajstić information content (AvgIpc) is 2.85. The van der Waals surface area contributed by atoms with Crippen LogP contribution in [0.25, 0.3) is 0 Å². The number of benzene rings is 3. The van der Waals surface area contributed by atoms with Crippen LogP contribution in [0.4, 0.5) is 11.4 Å². The number of hydrogen-bond acceptors (Lipinski definition) is 5. The third-order valence-corrected chi connectivity index (χ3v) is 5.48. The van der Waals surface area contributed by atoms with E-state index < -0.39 is 0 Å². The van der Waals surface area contributed by atoms with Crippen LogP contribution in [0.15, 0.2) is 72.8 Å². The van der Waals surface area contributed by atoms with Gasteiger partial charge in [-0.25, -0.2) is 0 Å². The zero-order valence-electron chi connectivity index (χ0n) is 18.5. The van der Waals surface area contributed by atoms with Crippen LogP contribution in [0.1, 0.15) is 32.7 Å². The third kappa shape index (κ3) is 5.12. The lowest BCUT2D eigenvalue weighted by Gasteiger charge is -2.26. The lowest BCUT2D eigenvalue weighted by atomic mass is 9.98. The number of amides is 4. The van der Waals surface area contributed by atoms with Crippen molar-refractivity contribution in [2.45, 2.75) is 12.8 Å². The van der Waals surface area contributed by atoms with Gasteiger partial charge in [0.25, 0.3) is 11.8 Å². The summed E-state index contributed by atoms with van der Waals surface area (Å²) < 4.78 is 5.10. The van der Waals surface area contributed by atoms with E-state index in [4.69, 9.17) is 4.74 Å². The molecule has 1 heterocycles. The van der Waals surface area contributed by atoms with Crippen LogP contribution in [0.3, 0.4) is 0 Å². The molecular formula is C26H23N3O5. The fraction of sp³-hybridized carbons (Fsp3) is 0.154. The van der Waals surface area contributed by atoms with Crippen LogP contribution in [-0.4, -0.2) is 42.2 Å². The molecule has 0 atom stereocenters. The molecule has 1 aliphatic heterocycles. The molecule has 0 saturated heterocycles. The fourth-order valence-electron chi connectivity index (χ4n) is 3.65. The van der Waals surface area contributed by atoms with Gasteiger partial charge in [-0.15, -0.1) is 0 Å². The highest BCUT2D eigenvalue weighted by molar-refractivity contribution is 6.10. The Labute approximate surface area is 196 Å². The number of methoxy groups -OCH3 is 1. The standard InChI is InChI=1S/C26H23N3O5/c1-34-21-12-10-20(11-13-21)28-25(32)17-6-8-19(9-7-17)27-23(30)14-15-29-24(31)16-18-4-2-3-5-22(18)26(29)33/h2-13H,14-16H2,1H3,(H,27,30)(H,28,32). The summed E-state index contributed by atoms with van der Waals surface area (Å²) in [6.07, 6.45) is 0.114. The molecule has 172 valence electrons. The highest BCUT2D eigenvalue weighted by atomic mass is 16.5. The number of hydrogen-bond donors (Lipinski definition) is 2. The number of imide groups is 1. The van der Waals surface area contributed by atoms with Gasteiger partial charge in [0.05, 0.1) is 13.5 Å². The van der Waals surface area contributed by atoms with Crippen molar-refractivity contribution in [2.75, 3.05) is 24.3 Å². The molecule has 0 saturated carbocycles. The quantitative estimate of drug-likeness (QED) is 0.529. The van der Waals surface area contributed by atoms with Crippen molar-refractivity contribution >= 4 is 35.0 Å². The van der Waals surface area contributed by atoms with Gasteiger partial charge in [-0.2, -0.15) is 0 Å². The van der Waals surface area contributed by atoms with Crippen molar-refractivity contribution in [3.05, 3.63) is 89.5 Å². The molecule has 0 radical (unpaired) electrons. The van der Waals surface area contributed by atoms with E-state index in [0.29, 0.717) is 33.8 Å². The predicted molar refractivity (Wildman–Crippen MR) is 127 cm³/mol. The second-order valence-electron chi connectivity index (χ2n) is 7.74. The Kier molecular flexibility index (Phi) is 6.68. The van der Waals surface area contributed by atoms with E-state index in [1.165, 1.54) is 0 Å². The van der Waals surface area contributed by atoms with E-state index >= 15 is 0 Å². The Morgan fingerprint density at radius 1 is 0.882 bits per heavy atom. The number of ether oxygens (including phenoxy) is 1. The molecule has 8 nitrogen and oxygen atoms in total. The number of rotatable bonds is 7. The van der Waals surface area contributed by atoms with Gasteiger partial charge in [0.2, 0.25) is 11.8 Å². The number of carbonyl (C=O) groups is 4. The van der Waals surface area contributed by atoms with E-state index in [1.807, 2.05) is 0 Å². The first-order valence-corrected chi connectivity index (χ1v) is 10.7. The van der Waals surface area contributed by atoms with Crippen LogP contribution >= 0.6 is 0 Å². The minimum Gasteiger partial charge on any atom is -0.497 e. The Morgan fingerprint density at radius 2 is 1.53 bits per heavy atom. The molecule has 1 aliphatic rings. The molecule has 8 heteroatoms. The molecule has 3 aromatic carbocycles. The first-order valence-electron chi connectivity index (χ1n) is 10.7. The maximum absolute atomic E-state index is 12.6. The van der Waals surface area contributed by atoms with Crippen molar-refractivity contribution in [3.63, 3.8) is 0 Å². The lowest BCUT2D eigenvalue weighted by Crippen LogP contribution is -2.43. The molecule has 4 rings (SSSR count). The van der Waals surface area contributed by atoms with E-state index in [9.17, 15) is 19.2 Å². The number of nitrogens with zero attached hydrogens (tertiary/aromatic N) is 1. The van der Waals surface area contributed by atoms with Gasteiger partial charge in [0, 0.05) is 35.5 Å². The van der Waals surface area contributed by atoms with Crippen molar-refractivity contribution in [1.29, 1.82) is 0 Å². The Balaban J connectivity index is 1.30. The summed E-state index contributed by atoms with van der Waals surface area (Å²) in [5.41, 5.74) is 2.76. The third-order valence-electron chi connectivity index (χ3n) is 5.48. The summed E-state index contributed by atoms with van der Waals surface area (Å²) >= 11 is 0. The summed E-state index contributed by atoms with van der Waals surface area (Å²) in [6.45, 7) is 0.000183. The highest BCUT2D eigenvalue weighted by Gasteiger charge is 2.30. The molecule has 0 aromatic heterocycles. The van der Waals surface area contributed by atoms with Crippen LogP contribution in [0, 0.1) is 0 Å². The zero-order valence-corrected chi connectivity index (χ0v) is 18.5. The van der Waals surface area contributed by atoms with E-state index in [1.54, 1.807) is 79.9 Å². The van der Waals surface area contributed by atoms with Crippen LogP contribution in [-0.2, 0) is 16.0 Å². The number of anilines is 2. The molecule has 2 N–H and O–H groups in total. The van der Waals surface area contributed by atoms with Gasteiger partial charge in [0.1, 0.15) is 5.75 Å². The van der Waals surface area contributed by atoms with Gasteiger partial charge in [-0.3, -0.25) is 24.1 Å². The Hall–Kier alpha value is -4.46. The van der Waals surface area contributed by atoms with Crippen molar-refractivity contribution in [2.24, 2.45) is 0 Å². The lowest BCUT2D eigenvalue weighted by molar-refractivity contribution is -0.128. The van der Waals surface area contributed by atoms with Gasteiger partial charge in [-0.05, 0) is 60.2 Å². The summed E-state index contributed by atoms with van der Waals surface area (Å²) in [5.74, 6) is -0.632. The Morgan fingerprint density at radius 3 is 2.24 bits per heavy atom. The normalized spacial score (nSPS) is 12.7. The van der Waals surface area contributed by atoms with Gasteiger partial charge >= 0.3 is 0 Å². The minimum absolute atomic E-state index is 0.000183. The number of nitrogens with one attached hydrogen (secondary N) is 2. The van der Waals surface area contributed by atoms with Gasteiger partial charge < -0.3 is 15.4 Å². The molecule has 0 unspecified atom stereocenters. The number of fused-ring (bicyclic) bond motifs is 1. The second-order valence-corrected chi connectivity index (χ2v) is 7.74. The van der Waals surface area contributed by atoms with Crippen LogP contribution in [0.5, 0.6) is 5.75 Å². The topological polar surface area (TPSA) is 105 Å². The van der Waals surface area contributed by atoms with Crippen molar-refractivity contribution in [1.82, 2.24) is 4.90 Å². The molecule has 3 aromatic rings. The smallest absolute Gasteiger partial charge is 0.260 e. The zero-order chi connectivity index (χ0) is 24.1. The maximum atomic E-state index is 12.6. The number of carbonyl (C=O) groups excluding carboxylic acids is 4. The molecule has 0 aliphatic carbocycles. The summed E-state index contributed by atoms with van der Waals surface area (Å²) in [5, 5.41) is 5.52. The Bertz CT molecular complexity index is 1240. The molecular weight excluding hydrogens is 434 g/mol. The molecule has 0 spiro atoms. The fourth-order valence-corrected chi connectivity index (χ4v) is 3.65. The van der Waals surface area contributed by atoms with Crippen LogP contribution < -0.4 is 15.4 Å². The van der Waals surface area contributed by atoms with Gasteiger partial charge in [0.15, 0.2) is 0 Å². The predicted octanol–water partition coefficient (Wildman–Crippen LogP) is 3.50. The summed E-state index contributed by atoms with van der Waals surface area (Å²) in [7, 11) is 1.57. The molecule has 0 bridgehead atoms. The highest BCUT2D eigenvalue weighted by Crippen LogP contribution is 2.20. The molecule has 0 fully saturated rings. The molecule has 34 heavy (non-hydrogen) atoms. The molecule has 4 amide bonds. The largest absolute Gasteiger partial charge is 0.497 e. The monoisotopic (exact) mass is 457 g/mol. The van der Waals surface area contributed by atoms with Crippen LogP contribution in [0.2, 0.25) is 0 Å². The maximum Gasteiger partial charge on any atom is 0.260 e. The minimum atomic E-state index is -0.383. The SMILES string of the molecule is COc1ccc(NC(=O)c2ccc(NC(=O)CCN3C(=O)Cc4ccccc4C3=O)cc2)cc1. The van der Waals surface area contributed by atoms with Crippen molar-refractivity contribution in [3.8, 4) is 5.75 Å². The summed E-state index contributed by atoms with van der Waals surface area (Å²) in [4.78, 5) is 50.8. The van der Waals surface area contributed by atoms with Gasteiger partial charge in [-0.1, -0.05) is 18.2 Å². The first-order chi connectivity index (χ1) is 16.4.